The molecule has 1 saturated carbocycles. The molecule has 1 fully saturated rings. The van der Waals surface area contributed by atoms with E-state index in [1.165, 1.54) is 18.5 Å². The molecular weight excluding hydrogens is 204 g/mol. The molecule has 59 valence electrons. The lowest BCUT2D eigenvalue weighted by Crippen LogP contribution is -2.00. The number of rotatable bonds is 2. The topological polar surface area (TPSA) is 17.8 Å². The second kappa shape index (κ2) is 2.63. The molecule has 1 heterocycles. The van der Waals surface area contributed by atoms with Crippen LogP contribution in [-0.4, -0.2) is 9.78 Å². The molecule has 11 heavy (non-hydrogen) atoms. The minimum Gasteiger partial charge on any atom is -0.268 e. The Morgan fingerprint density at radius 2 is 2.45 bits per heavy atom. The molecule has 0 amide bonds. The molecule has 2 rings (SSSR count). The maximum atomic E-state index is 4.14. The minimum absolute atomic E-state index is 0.753. The largest absolute Gasteiger partial charge is 0.268 e. The standard InChI is InChI=1S/C8H10BrN2/c1-2-11-8(6-3-4-6)7(9)5-10-11/h6H,2-4H2,1H3. The van der Waals surface area contributed by atoms with E-state index in [-0.39, 0.29) is 0 Å². The van der Waals surface area contributed by atoms with Crippen molar-refractivity contribution in [2.45, 2.75) is 32.2 Å². The molecular formula is C8H10BrN2. The minimum atomic E-state index is 0.753. The van der Waals surface area contributed by atoms with Gasteiger partial charge in [0.15, 0.2) is 0 Å². The van der Waals surface area contributed by atoms with Crippen LogP contribution < -0.4 is 0 Å². The predicted molar refractivity (Wildman–Crippen MR) is 46.4 cm³/mol. The highest BCUT2D eigenvalue weighted by Gasteiger charge is 2.29. The van der Waals surface area contributed by atoms with Crippen molar-refractivity contribution in [2.75, 3.05) is 0 Å². The van der Waals surface area contributed by atoms with Crippen LogP contribution in [-0.2, 0) is 6.54 Å². The van der Waals surface area contributed by atoms with E-state index in [1.54, 1.807) is 0 Å². The van der Waals surface area contributed by atoms with E-state index >= 15 is 0 Å². The maximum Gasteiger partial charge on any atom is 0.128 e. The van der Waals surface area contributed by atoms with Crippen LogP contribution in [0.1, 0.15) is 31.4 Å². The van der Waals surface area contributed by atoms with Gasteiger partial charge in [0, 0.05) is 12.5 Å². The SMILES string of the molecule is CCn1n[c]c(Br)c1C1CC1. The van der Waals surface area contributed by atoms with E-state index in [9.17, 15) is 0 Å². The molecule has 1 aromatic rings. The van der Waals surface area contributed by atoms with Crippen LogP contribution >= 0.6 is 15.9 Å². The van der Waals surface area contributed by atoms with Crippen molar-refractivity contribution in [3.05, 3.63) is 16.4 Å². The Labute approximate surface area is 74.7 Å². The van der Waals surface area contributed by atoms with Crippen molar-refractivity contribution >= 4 is 15.9 Å². The number of hydrogen-bond acceptors (Lipinski definition) is 1. The Morgan fingerprint density at radius 1 is 1.73 bits per heavy atom. The fraction of sp³-hybridized carbons (Fsp3) is 0.625. The highest BCUT2D eigenvalue weighted by atomic mass is 79.9. The van der Waals surface area contributed by atoms with E-state index in [2.05, 4.69) is 34.1 Å². The van der Waals surface area contributed by atoms with E-state index in [0.29, 0.717) is 0 Å². The van der Waals surface area contributed by atoms with Gasteiger partial charge in [-0.1, -0.05) is 0 Å². The summed E-state index contributed by atoms with van der Waals surface area (Å²) >= 11 is 3.46. The van der Waals surface area contributed by atoms with Gasteiger partial charge >= 0.3 is 0 Å². The van der Waals surface area contributed by atoms with Crippen LogP contribution in [0.5, 0.6) is 0 Å². The van der Waals surface area contributed by atoms with Crippen LogP contribution in [0.15, 0.2) is 4.47 Å². The number of hydrogen-bond donors (Lipinski definition) is 0. The van der Waals surface area contributed by atoms with Gasteiger partial charge in [-0.3, -0.25) is 4.68 Å². The molecule has 1 aromatic heterocycles. The second-order valence-corrected chi connectivity index (χ2v) is 3.69. The lowest BCUT2D eigenvalue weighted by Gasteiger charge is -2.01. The summed E-state index contributed by atoms with van der Waals surface area (Å²) in [6.45, 7) is 3.06. The molecule has 0 unspecified atom stereocenters. The van der Waals surface area contributed by atoms with Gasteiger partial charge in [0.2, 0.25) is 0 Å². The zero-order chi connectivity index (χ0) is 7.84. The van der Waals surface area contributed by atoms with E-state index in [1.807, 2.05) is 4.68 Å². The lowest BCUT2D eigenvalue weighted by atomic mass is 10.3. The van der Waals surface area contributed by atoms with Crippen molar-refractivity contribution < 1.29 is 0 Å². The number of nitrogens with zero attached hydrogens (tertiary/aromatic N) is 2. The van der Waals surface area contributed by atoms with Crippen LogP contribution in [0, 0.1) is 6.20 Å². The molecule has 0 N–H and O–H groups in total. The molecule has 1 aliphatic carbocycles. The summed E-state index contributed by atoms with van der Waals surface area (Å²) in [4.78, 5) is 0. The van der Waals surface area contributed by atoms with Gasteiger partial charge < -0.3 is 0 Å². The predicted octanol–water partition coefficient (Wildman–Crippen LogP) is 2.34. The summed E-state index contributed by atoms with van der Waals surface area (Å²) in [7, 11) is 0. The van der Waals surface area contributed by atoms with Crippen LogP contribution in [0.25, 0.3) is 0 Å². The maximum absolute atomic E-state index is 4.14. The fourth-order valence-electron chi connectivity index (χ4n) is 1.32. The molecule has 0 aliphatic heterocycles. The summed E-state index contributed by atoms with van der Waals surface area (Å²) in [6, 6.07) is 0. The molecule has 0 spiro atoms. The first-order valence-corrected chi connectivity index (χ1v) is 4.76. The average molecular weight is 214 g/mol. The van der Waals surface area contributed by atoms with Gasteiger partial charge in [-0.15, -0.1) is 0 Å². The zero-order valence-corrected chi connectivity index (χ0v) is 8.06. The molecule has 1 aliphatic rings. The first-order valence-electron chi connectivity index (χ1n) is 3.96. The van der Waals surface area contributed by atoms with Gasteiger partial charge in [0.25, 0.3) is 0 Å². The highest BCUT2D eigenvalue weighted by molar-refractivity contribution is 9.10. The van der Waals surface area contributed by atoms with Crippen molar-refractivity contribution in [1.82, 2.24) is 9.78 Å². The first kappa shape index (κ1) is 7.35. The Balaban J connectivity index is 2.38. The summed E-state index contributed by atoms with van der Waals surface area (Å²) in [5, 5.41) is 4.14. The molecule has 0 aromatic carbocycles. The van der Waals surface area contributed by atoms with Crippen molar-refractivity contribution in [2.24, 2.45) is 0 Å². The molecule has 1 radical (unpaired) electrons. The average Bonchev–Trinajstić information content (AvgIpc) is 2.76. The number of aryl methyl sites for hydroxylation is 1. The summed E-state index contributed by atoms with van der Waals surface area (Å²) in [5.41, 5.74) is 1.34. The molecule has 2 nitrogen and oxygen atoms in total. The highest BCUT2D eigenvalue weighted by Crippen LogP contribution is 2.42. The third-order valence-electron chi connectivity index (χ3n) is 2.04. The van der Waals surface area contributed by atoms with Gasteiger partial charge in [0.1, 0.15) is 6.20 Å². The van der Waals surface area contributed by atoms with E-state index in [0.717, 1.165) is 16.9 Å². The summed E-state index contributed by atoms with van der Waals surface area (Å²) < 4.78 is 3.09. The third kappa shape index (κ3) is 1.22. The first-order chi connectivity index (χ1) is 5.33. The molecule has 3 heteroatoms. The number of halogens is 1. The fourth-order valence-corrected chi connectivity index (χ4v) is 1.92. The Hall–Kier alpha value is -0.310. The second-order valence-electron chi connectivity index (χ2n) is 2.90. The Kier molecular flexibility index (Phi) is 1.75. The lowest BCUT2D eigenvalue weighted by molar-refractivity contribution is 0.621. The zero-order valence-electron chi connectivity index (χ0n) is 6.47. The van der Waals surface area contributed by atoms with Crippen molar-refractivity contribution in [3.63, 3.8) is 0 Å². The van der Waals surface area contributed by atoms with Crippen LogP contribution in [0.4, 0.5) is 0 Å². The van der Waals surface area contributed by atoms with Crippen LogP contribution in [0.2, 0.25) is 0 Å². The summed E-state index contributed by atoms with van der Waals surface area (Å²) in [6.07, 6.45) is 5.57. The third-order valence-corrected chi connectivity index (χ3v) is 2.62. The quantitative estimate of drug-likeness (QED) is 0.738. The Morgan fingerprint density at radius 3 is 3.00 bits per heavy atom. The Bertz CT molecular complexity index is 263. The van der Waals surface area contributed by atoms with Gasteiger partial charge in [-0.25, -0.2) is 0 Å². The van der Waals surface area contributed by atoms with Crippen LogP contribution in [0.3, 0.4) is 0 Å². The molecule has 0 bridgehead atoms. The number of aromatic nitrogens is 2. The molecule has 0 saturated heterocycles. The van der Waals surface area contributed by atoms with E-state index < -0.39 is 0 Å². The van der Waals surface area contributed by atoms with Crippen molar-refractivity contribution in [1.29, 1.82) is 0 Å². The monoisotopic (exact) mass is 213 g/mol. The smallest absolute Gasteiger partial charge is 0.128 e. The summed E-state index contributed by atoms with van der Waals surface area (Å²) in [5.74, 6) is 0.753. The molecule has 0 atom stereocenters. The van der Waals surface area contributed by atoms with E-state index in [4.69, 9.17) is 0 Å². The van der Waals surface area contributed by atoms with Gasteiger partial charge in [0.05, 0.1) is 10.2 Å². The van der Waals surface area contributed by atoms with Gasteiger partial charge in [-0.2, -0.15) is 5.10 Å². The normalized spacial score (nSPS) is 17.3. The van der Waals surface area contributed by atoms with Crippen molar-refractivity contribution in [3.8, 4) is 0 Å². The van der Waals surface area contributed by atoms with Gasteiger partial charge in [-0.05, 0) is 35.7 Å².